The highest BCUT2D eigenvalue weighted by Crippen LogP contribution is 2.46. The predicted octanol–water partition coefficient (Wildman–Crippen LogP) is 2.09. The third-order valence-corrected chi connectivity index (χ3v) is 3.21. The van der Waals surface area contributed by atoms with Crippen molar-refractivity contribution >= 4 is 11.9 Å². The molecule has 17 heavy (non-hydrogen) atoms. The second kappa shape index (κ2) is 5.34. The van der Waals surface area contributed by atoms with Gasteiger partial charge in [-0.05, 0) is 32.6 Å². The third kappa shape index (κ3) is 2.51. The molecular weight excluding hydrogens is 220 g/mol. The Morgan fingerprint density at radius 2 is 1.76 bits per heavy atom. The normalized spacial score (nSPS) is 22.3. The van der Waals surface area contributed by atoms with Crippen LogP contribution in [0.15, 0.2) is 12.2 Å². The summed E-state index contributed by atoms with van der Waals surface area (Å²) in [5, 5.41) is 0. The summed E-state index contributed by atoms with van der Waals surface area (Å²) in [6, 6.07) is 0. The third-order valence-electron chi connectivity index (χ3n) is 3.21. The van der Waals surface area contributed by atoms with Crippen LogP contribution in [-0.4, -0.2) is 25.2 Å². The molecule has 1 saturated carbocycles. The van der Waals surface area contributed by atoms with Crippen molar-refractivity contribution < 1.29 is 19.1 Å². The second-order valence-corrected chi connectivity index (χ2v) is 4.46. The van der Waals surface area contributed by atoms with Gasteiger partial charge in [-0.2, -0.15) is 0 Å². The number of allylic oxidation sites excluding steroid dienone is 1. The van der Waals surface area contributed by atoms with Crippen molar-refractivity contribution in [1.82, 2.24) is 0 Å². The van der Waals surface area contributed by atoms with E-state index in [1.807, 2.05) is 6.92 Å². The van der Waals surface area contributed by atoms with E-state index in [2.05, 4.69) is 6.58 Å². The van der Waals surface area contributed by atoms with E-state index in [0.717, 1.165) is 5.57 Å². The number of rotatable bonds is 4. The van der Waals surface area contributed by atoms with E-state index in [0.29, 0.717) is 12.8 Å². The van der Waals surface area contributed by atoms with Crippen LogP contribution in [-0.2, 0) is 19.1 Å². The van der Waals surface area contributed by atoms with Gasteiger partial charge in [-0.1, -0.05) is 19.1 Å². The molecule has 0 bridgehead atoms. The van der Waals surface area contributed by atoms with Gasteiger partial charge in [0, 0.05) is 0 Å². The first-order chi connectivity index (χ1) is 7.97. The first-order valence-corrected chi connectivity index (χ1v) is 6.00. The van der Waals surface area contributed by atoms with Crippen molar-refractivity contribution in [3.63, 3.8) is 0 Å². The first kappa shape index (κ1) is 13.7. The van der Waals surface area contributed by atoms with Crippen LogP contribution in [0.5, 0.6) is 0 Å². The summed E-state index contributed by atoms with van der Waals surface area (Å²) < 4.78 is 10.0. The molecule has 0 N–H and O–H groups in total. The molecule has 1 atom stereocenters. The molecular formula is C13H20O4. The first-order valence-electron chi connectivity index (χ1n) is 6.00. The molecule has 4 heteroatoms. The number of carbonyl (C=O) groups is 2. The Labute approximate surface area is 102 Å². The monoisotopic (exact) mass is 240 g/mol. The standard InChI is InChI=1S/C13H20O4/c1-5-16-11(14)13(12(15)17-6-2)7-9(3)10(4)8-13/h10H,3,5-8H2,1-2,4H3. The van der Waals surface area contributed by atoms with Gasteiger partial charge in [0.1, 0.15) is 0 Å². The minimum atomic E-state index is -1.16. The molecule has 0 aromatic heterocycles. The zero-order valence-corrected chi connectivity index (χ0v) is 10.7. The van der Waals surface area contributed by atoms with Gasteiger partial charge in [0.2, 0.25) is 0 Å². The fourth-order valence-electron chi connectivity index (χ4n) is 2.23. The summed E-state index contributed by atoms with van der Waals surface area (Å²) >= 11 is 0. The van der Waals surface area contributed by atoms with E-state index >= 15 is 0 Å². The Bertz CT molecular complexity index is 314. The molecule has 1 rings (SSSR count). The molecule has 1 aliphatic carbocycles. The van der Waals surface area contributed by atoms with Gasteiger partial charge in [0.05, 0.1) is 13.2 Å². The predicted molar refractivity (Wildman–Crippen MR) is 63.2 cm³/mol. The van der Waals surface area contributed by atoms with Crippen LogP contribution < -0.4 is 0 Å². The van der Waals surface area contributed by atoms with Crippen molar-refractivity contribution in [3.05, 3.63) is 12.2 Å². The number of hydrogen-bond donors (Lipinski definition) is 0. The number of hydrogen-bond acceptors (Lipinski definition) is 4. The molecule has 0 heterocycles. The van der Waals surface area contributed by atoms with Crippen LogP contribution in [0, 0.1) is 11.3 Å². The van der Waals surface area contributed by atoms with Gasteiger partial charge < -0.3 is 9.47 Å². The molecule has 96 valence electrons. The maximum atomic E-state index is 12.0. The number of esters is 2. The maximum absolute atomic E-state index is 12.0. The summed E-state index contributed by atoms with van der Waals surface area (Å²) in [5.74, 6) is -0.822. The van der Waals surface area contributed by atoms with E-state index < -0.39 is 17.4 Å². The molecule has 0 aliphatic heterocycles. The van der Waals surface area contributed by atoms with Crippen molar-refractivity contribution in [1.29, 1.82) is 0 Å². The molecule has 1 unspecified atom stereocenters. The highest BCUT2D eigenvalue weighted by molar-refractivity contribution is 6.01. The summed E-state index contributed by atoms with van der Waals surface area (Å²) in [5.41, 5.74) is -0.256. The molecule has 1 fully saturated rings. The lowest BCUT2D eigenvalue weighted by atomic mass is 9.85. The number of ether oxygens (including phenoxy) is 2. The van der Waals surface area contributed by atoms with Gasteiger partial charge in [0.15, 0.2) is 5.41 Å². The lowest BCUT2D eigenvalue weighted by molar-refractivity contribution is -0.171. The van der Waals surface area contributed by atoms with Gasteiger partial charge in [-0.25, -0.2) is 0 Å². The van der Waals surface area contributed by atoms with Crippen LogP contribution in [0.1, 0.15) is 33.6 Å². The largest absolute Gasteiger partial charge is 0.465 e. The summed E-state index contributed by atoms with van der Waals surface area (Å²) in [6.45, 7) is 9.84. The van der Waals surface area contributed by atoms with Crippen molar-refractivity contribution in [2.45, 2.75) is 33.6 Å². The molecule has 0 saturated heterocycles. The topological polar surface area (TPSA) is 52.6 Å². The lowest BCUT2D eigenvalue weighted by Crippen LogP contribution is -2.40. The fraction of sp³-hybridized carbons (Fsp3) is 0.692. The van der Waals surface area contributed by atoms with Crippen LogP contribution in [0.4, 0.5) is 0 Å². The zero-order chi connectivity index (χ0) is 13.1. The van der Waals surface area contributed by atoms with Crippen LogP contribution >= 0.6 is 0 Å². The molecule has 0 spiro atoms. The van der Waals surface area contributed by atoms with E-state index in [1.54, 1.807) is 13.8 Å². The van der Waals surface area contributed by atoms with Gasteiger partial charge in [0.25, 0.3) is 0 Å². The lowest BCUT2D eigenvalue weighted by Gasteiger charge is -2.23. The fourth-order valence-corrected chi connectivity index (χ4v) is 2.23. The second-order valence-electron chi connectivity index (χ2n) is 4.46. The maximum Gasteiger partial charge on any atom is 0.323 e. The number of carbonyl (C=O) groups excluding carboxylic acids is 2. The minimum absolute atomic E-state index is 0.142. The van der Waals surface area contributed by atoms with E-state index in [4.69, 9.17) is 9.47 Å². The Hall–Kier alpha value is -1.32. The van der Waals surface area contributed by atoms with E-state index in [-0.39, 0.29) is 19.1 Å². The Morgan fingerprint density at radius 3 is 2.06 bits per heavy atom. The Balaban J connectivity index is 2.98. The van der Waals surface area contributed by atoms with Crippen molar-refractivity contribution in [2.75, 3.05) is 13.2 Å². The summed E-state index contributed by atoms with van der Waals surface area (Å²) in [7, 11) is 0. The molecule has 0 aromatic rings. The average molecular weight is 240 g/mol. The van der Waals surface area contributed by atoms with Crippen LogP contribution in [0.2, 0.25) is 0 Å². The Kier molecular flexibility index (Phi) is 4.32. The molecule has 1 aliphatic rings. The SMILES string of the molecule is C=C1CC(C(=O)OCC)(C(=O)OCC)CC1C. The average Bonchev–Trinajstić information content (AvgIpc) is 2.57. The zero-order valence-electron chi connectivity index (χ0n) is 10.7. The quantitative estimate of drug-likeness (QED) is 0.429. The van der Waals surface area contributed by atoms with Gasteiger partial charge in [-0.15, -0.1) is 0 Å². The van der Waals surface area contributed by atoms with E-state index in [1.165, 1.54) is 0 Å². The Morgan fingerprint density at radius 1 is 1.29 bits per heavy atom. The van der Waals surface area contributed by atoms with Crippen LogP contribution in [0.25, 0.3) is 0 Å². The molecule has 4 nitrogen and oxygen atoms in total. The summed E-state index contributed by atoms with van der Waals surface area (Å²) in [4.78, 5) is 24.0. The van der Waals surface area contributed by atoms with Crippen LogP contribution in [0.3, 0.4) is 0 Å². The highest BCUT2D eigenvalue weighted by Gasteiger charge is 2.54. The highest BCUT2D eigenvalue weighted by atomic mass is 16.6. The molecule has 0 amide bonds. The minimum Gasteiger partial charge on any atom is -0.465 e. The van der Waals surface area contributed by atoms with Crippen molar-refractivity contribution in [2.24, 2.45) is 11.3 Å². The molecule has 0 radical (unpaired) electrons. The van der Waals surface area contributed by atoms with Crippen molar-refractivity contribution in [3.8, 4) is 0 Å². The van der Waals surface area contributed by atoms with Gasteiger partial charge >= 0.3 is 11.9 Å². The summed E-state index contributed by atoms with van der Waals surface area (Å²) in [6.07, 6.45) is 0.773. The van der Waals surface area contributed by atoms with Gasteiger partial charge in [-0.3, -0.25) is 9.59 Å². The smallest absolute Gasteiger partial charge is 0.323 e. The molecule has 0 aromatic carbocycles. The van der Waals surface area contributed by atoms with E-state index in [9.17, 15) is 9.59 Å².